The van der Waals surface area contributed by atoms with E-state index in [1.54, 1.807) is 13.0 Å². The quantitative estimate of drug-likeness (QED) is 0.130. The Morgan fingerprint density at radius 2 is 1.26 bits per heavy atom. The van der Waals surface area contributed by atoms with Gasteiger partial charge in [0.15, 0.2) is 5.75 Å². The van der Waals surface area contributed by atoms with Crippen molar-refractivity contribution < 1.29 is 65.2 Å². The van der Waals surface area contributed by atoms with E-state index in [-0.39, 0.29) is 29.4 Å². The van der Waals surface area contributed by atoms with E-state index in [2.05, 4.69) is 5.73 Å². The highest BCUT2D eigenvalue weighted by Crippen LogP contribution is 2.31. The van der Waals surface area contributed by atoms with E-state index in [4.69, 9.17) is 18.9 Å². The number of hydrogen-bond acceptors (Lipinski definition) is 14. The molecule has 2 aromatic carbocycles. The lowest BCUT2D eigenvalue weighted by atomic mass is 9.97. The van der Waals surface area contributed by atoms with E-state index in [1.165, 1.54) is 42.5 Å². The number of quaternary nitrogens is 1. The number of non-ortho nitro benzene ring substituents is 1. The number of nitrogens with zero attached hydrogens (tertiary/aromatic N) is 2. The number of hydrogen-bond donors (Lipinski definition) is 7. The van der Waals surface area contributed by atoms with Gasteiger partial charge in [-0.2, -0.15) is 0 Å². The largest absolute Gasteiger partial charge is 0.462 e. The first-order valence-corrected chi connectivity index (χ1v) is 12.9. The lowest BCUT2D eigenvalue weighted by molar-refractivity contribution is -0.410. The number of aliphatic hydroxyl groups excluding tert-OH is 6. The van der Waals surface area contributed by atoms with Crippen LogP contribution in [0.1, 0.15) is 13.3 Å². The molecule has 0 aromatic heterocycles. The Kier molecular flexibility index (Phi) is 11.5. The number of benzene rings is 2. The number of nitro groups is 2. The standard InChI is InChI=1S/C13H17NO7.C12H16N2O7/c1-2-8-10(15)11(16)12(17)13(20-8)21-9-6-4-3-5-7(9)14(18)19;13-5-8-9(15)10(16)11(17)12(21-8)20-7-3-1-6(2-4-7)14(18)19/h3-6,8,10-13,15-17H,2H2,1H3;1-4,8-12,15-17H,5,13H2/p+1. The van der Waals surface area contributed by atoms with Gasteiger partial charge >= 0.3 is 5.69 Å². The summed E-state index contributed by atoms with van der Waals surface area (Å²) in [6, 6.07) is 10.8. The van der Waals surface area contributed by atoms with Crippen molar-refractivity contribution in [3.63, 3.8) is 0 Å². The van der Waals surface area contributed by atoms with Crippen molar-refractivity contribution in [1.82, 2.24) is 0 Å². The summed E-state index contributed by atoms with van der Waals surface area (Å²) in [6.45, 7) is 1.92. The molecule has 2 aliphatic rings. The van der Waals surface area contributed by atoms with Crippen LogP contribution in [0.25, 0.3) is 0 Å². The Bertz CT molecular complexity index is 1180. The molecular weight excluding hydrogens is 566 g/mol. The van der Waals surface area contributed by atoms with Crippen LogP contribution in [0.15, 0.2) is 48.5 Å². The summed E-state index contributed by atoms with van der Waals surface area (Å²) in [5.74, 6) is 0.154. The molecular formula is C25H34N3O14+. The summed E-state index contributed by atoms with van der Waals surface area (Å²) in [6.07, 6.45) is -11.9. The van der Waals surface area contributed by atoms with Crippen molar-refractivity contribution in [2.75, 3.05) is 6.54 Å². The van der Waals surface area contributed by atoms with E-state index in [0.29, 0.717) is 6.42 Å². The van der Waals surface area contributed by atoms with E-state index in [1.807, 2.05) is 0 Å². The molecule has 2 saturated heterocycles. The third-order valence-corrected chi connectivity index (χ3v) is 6.63. The Labute approximate surface area is 238 Å². The molecule has 9 N–H and O–H groups in total. The predicted octanol–water partition coefficient (Wildman–Crippen LogP) is -1.79. The molecule has 17 nitrogen and oxygen atoms in total. The zero-order chi connectivity index (χ0) is 31.1. The summed E-state index contributed by atoms with van der Waals surface area (Å²) in [7, 11) is 0. The molecule has 0 bridgehead atoms. The van der Waals surface area contributed by atoms with Crippen LogP contribution in [0.5, 0.6) is 11.5 Å². The smallest absolute Gasteiger partial charge is 0.311 e. The van der Waals surface area contributed by atoms with Crippen LogP contribution in [-0.4, -0.2) is 108 Å². The van der Waals surface area contributed by atoms with Gasteiger partial charge in [-0.25, -0.2) is 0 Å². The van der Waals surface area contributed by atoms with Gasteiger partial charge in [-0.05, 0) is 24.6 Å². The Hall–Kier alpha value is -3.52. The topological polar surface area (TPSA) is 272 Å². The lowest BCUT2D eigenvalue weighted by Gasteiger charge is -2.39. The van der Waals surface area contributed by atoms with E-state index >= 15 is 0 Å². The minimum Gasteiger partial charge on any atom is -0.462 e. The van der Waals surface area contributed by atoms with Crippen molar-refractivity contribution in [2.24, 2.45) is 0 Å². The molecule has 2 heterocycles. The first-order chi connectivity index (χ1) is 19.9. The number of ether oxygens (including phenoxy) is 4. The monoisotopic (exact) mass is 600 g/mol. The molecule has 2 aromatic rings. The van der Waals surface area contributed by atoms with Gasteiger partial charge in [-0.3, -0.25) is 20.2 Å². The summed E-state index contributed by atoms with van der Waals surface area (Å²) < 4.78 is 21.4. The second-order valence-corrected chi connectivity index (χ2v) is 9.44. The third kappa shape index (κ3) is 7.65. The summed E-state index contributed by atoms with van der Waals surface area (Å²) in [5, 5.41) is 80.1. The number of nitro benzene ring substituents is 2. The fourth-order valence-electron chi connectivity index (χ4n) is 4.22. The maximum atomic E-state index is 10.9. The van der Waals surface area contributed by atoms with Crippen LogP contribution in [0.2, 0.25) is 0 Å². The van der Waals surface area contributed by atoms with Crippen molar-refractivity contribution in [2.45, 2.75) is 74.8 Å². The normalized spacial score (nSPS) is 32.7. The molecule has 232 valence electrons. The Morgan fingerprint density at radius 1 is 0.738 bits per heavy atom. The van der Waals surface area contributed by atoms with Crippen LogP contribution < -0.4 is 15.2 Å². The molecule has 0 spiro atoms. The molecule has 0 aliphatic carbocycles. The molecule has 2 aliphatic heterocycles. The van der Waals surface area contributed by atoms with Gasteiger partial charge in [0, 0.05) is 18.2 Å². The number of para-hydroxylation sites is 2. The molecule has 17 heteroatoms. The average Bonchev–Trinajstić information content (AvgIpc) is 2.98. The maximum Gasteiger partial charge on any atom is 0.311 e. The lowest BCUT2D eigenvalue weighted by Crippen LogP contribution is -2.67. The SMILES string of the molecule is CCC1OC(Oc2ccccc2[N+](=O)[O-])C(O)C(O)C1O.[NH3+]CC1OC(Oc2ccc([N+](=O)[O-])cc2)C(O)C(O)C1O. The zero-order valence-electron chi connectivity index (χ0n) is 22.4. The first-order valence-electron chi connectivity index (χ1n) is 12.9. The van der Waals surface area contributed by atoms with Crippen LogP contribution in [-0.2, 0) is 9.47 Å². The average molecular weight is 601 g/mol. The number of aliphatic hydroxyl groups is 6. The summed E-state index contributed by atoms with van der Waals surface area (Å²) in [5.41, 5.74) is 3.21. The fraction of sp³-hybridized carbons (Fsp3) is 0.520. The van der Waals surface area contributed by atoms with Gasteiger partial charge in [0.2, 0.25) is 12.6 Å². The molecule has 10 atom stereocenters. The molecule has 0 saturated carbocycles. The molecule has 0 radical (unpaired) electrons. The van der Waals surface area contributed by atoms with Crippen LogP contribution in [0.4, 0.5) is 11.4 Å². The highest BCUT2D eigenvalue weighted by atomic mass is 16.7. The molecule has 2 fully saturated rings. The first kappa shape index (κ1) is 33.0. The zero-order valence-corrected chi connectivity index (χ0v) is 22.4. The van der Waals surface area contributed by atoms with Gasteiger partial charge < -0.3 is 55.3 Å². The number of rotatable bonds is 8. The molecule has 0 amide bonds. The predicted molar refractivity (Wildman–Crippen MR) is 139 cm³/mol. The third-order valence-electron chi connectivity index (χ3n) is 6.63. The Balaban J connectivity index is 0.000000230. The molecule has 42 heavy (non-hydrogen) atoms. The summed E-state index contributed by atoms with van der Waals surface area (Å²) in [4.78, 5) is 20.3. The second-order valence-electron chi connectivity index (χ2n) is 9.44. The second kappa shape index (κ2) is 14.6. The fourth-order valence-corrected chi connectivity index (χ4v) is 4.22. The minimum absolute atomic E-state index is 0.0787. The van der Waals surface area contributed by atoms with Gasteiger partial charge in [-0.15, -0.1) is 0 Å². The highest BCUT2D eigenvalue weighted by Gasteiger charge is 2.46. The minimum atomic E-state index is -1.51. The van der Waals surface area contributed by atoms with E-state index in [9.17, 15) is 50.9 Å². The molecule has 10 unspecified atom stereocenters. The van der Waals surface area contributed by atoms with E-state index in [0.717, 1.165) is 0 Å². The van der Waals surface area contributed by atoms with Crippen LogP contribution in [0, 0.1) is 20.2 Å². The van der Waals surface area contributed by atoms with Crippen molar-refractivity contribution in [1.29, 1.82) is 0 Å². The van der Waals surface area contributed by atoms with Crippen LogP contribution in [0.3, 0.4) is 0 Å². The van der Waals surface area contributed by atoms with Crippen molar-refractivity contribution >= 4 is 11.4 Å². The van der Waals surface area contributed by atoms with Crippen LogP contribution >= 0.6 is 0 Å². The van der Waals surface area contributed by atoms with Crippen molar-refractivity contribution in [3.05, 3.63) is 68.8 Å². The Morgan fingerprint density at radius 3 is 1.79 bits per heavy atom. The maximum absolute atomic E-state index is 10.9. The van der Waals surface area contributed by atoms with Crippen molar-refractivity contribution in [3.8, 4) is 11.5 Å². The molecule has 4 rings (SSSR count). The van der Waals surface area contributed by atoms with Gasteiger partial charge in [0.1, 0.15) is 55.0 Å². The van der Waals surface area contributed by atoms with Gasteiger partial charge in [0.05, 0.1) is 16.0 Å². The van der Waals surface area contributed by atoms with Gasteiger partial charge in [-0.1, -0.05) is 19.1 Å². The van der Waals surface area contributed by atoms with E-state index < -0.39 is 71.3 Å². The highest BCUT2D eigenvalue weighted by molar-refractivity contribution is 5.45. The van der Waals surface area contributed by atoms with Gasteiger partial charge in [0.25, 0.3) is 5.69 Å². The summed E-state index contributed by atoms with van der Waals surface area (Å²) >= 11 is 0.